The molecule has 0 fully saturated rings. The summed E-state index contributed by atoms with van der Waals surface area (Å²) in [5.74, 6) is 1.31. The first-order valence-electron chi connectivity index (χ1n) is 5.20. The van der Waals surface area contributed by atoms with Gasteiger partial charge in [0.2, 0.25) is 0 Å². The van der Waals surface area contributed by atoms with Crippen molar-refractivity contribution >= 4 is 23.6 Å². The second-order valence-electron chi connectivity index (χ2n) is 3.39. The van der Waals surface area contributed by atoms with E-state index in [0.29, 0.717) is 11.0 Å². The molecule has 1 aromatic heterocycles. The highest BCUT2D eigenvalue weighted by Gasteiger charge is 1.94. The van der Waals surface area contributed by atoms with E-state index in [-0.39, 0.29) is 0 Å². The Morgan fingerprint density at radius 2 is 2.17 bits per heavy atom. The molecule has 1 N–H and O–H groups in total. The van der Waals surface area contributed by atoms with E-state index in [1.54, 1.807) is 25.5 Å². The van der Waals surface area contributed by atoms with Gasteiger partial charge in [-0.3, -0.25) is 5.43 Å². The van der Waals surface area contributed by atoms with Crippen LogP contribution >= 0.6 is 11.6 Å². The maximum absolute atomic E-state index is 5.62. The molecule has 0 saturated heterocycles. The van der Waals surface area contributed by atoms with Gasteiger partial charge in [-0.1, -0.05) is 23.7 Å². The van der Waals surface area contributed by atoms with Crippen LogP contribution in [-0.2, 0) is 0 Å². The van der Waals surface area contributed by atoms with Crippen LogP contribution < -0.4 is 10.2 Å². The molecule has 5 nitrogen and oxygen atoms in total. The molecule has 0 atom stereocenters. The number of nitrogens with one attached hydrogen (secondary N) is 1. The van der Waals surface area contributed by atoms with Crippen LogP contribution in [0, 0.1) is 0 Å². The molecule has 1 aromatic carbocycles. The highest BCUT2D eigenvalue weighted by atomic mass is 35.5. The number of nitrogens with zero attached hydrogens (tertiary/aromatic N) is 3. The molecule has 0 aliphatic carbocycles. The van der Waals surface area contributed by atoms with Crippen LogP contribution in [0.3, 0.4) is 0 Å². The SMILES string of the molecule is COc1cccc(/C=N\Nc2ccc(Cl)nn2)c1. The smallest absolute Gasteiger partial charge is 0.168 e. The second kappa shape index (κ2) is 5.97. The third kappa shape index (κ3) is 3.43. The third-order valence-corrected chi connectivity index (χ3v) is 2.32. The molecule has 0 radical (unpaired) electrons. The molecule has 0 amide bonds. The lowest BCUT2D eigenvalue weighted by atomic mass is 10.2. The molecule has 0 bridgehead atoms. The van der Waals surface area contributed by atoms with Crippen molar-refractivity contribution in [3.8, 4) is 5.75 Å². The molecule has 0 aliphatic heterocycles. The van der Waals surface area contributed by atoms with Crippen molar-refractivity contribution in [2.24, 2.45) is 5.10 Å². The molecule has 2 aromatic rings. The minimum Gasteiger partial charge on any atom is -0.497 e. The van der Waals surface area contributed by atoms with E-state index in [0.717, 1.165) is 11.3 Å². The number of benzene rings is 1. The van der Waals surface area contributed by atoms with Crippen LogP contribution in [0.25, 0.3) is 0 Å². The Kier molecular flexibility index (Phi) is 4.09. The Balaban J connectivity index is 2.00. The molecular formula is C12H11ClN4O. The lowest BCUT2D eigenvalue weighted by Crippen LogP contribution is -1.95. The number of hydrogen-bond donors (Lipinski definition) is 1. The molecule has 0 aliphatic rings. The fourth-order valence-electron chi connectivity index (χ4n) is 1.27. The number of methoxy groups -OCH3 is 1. The van der Waals surface area contributed by atoms with Gasteiger partial charge in [-0.05, 0) is 29.8 Å². The van der Waals surface area contributed by atoms with Gasteiger partial charge < -0.3 is 4.74 Å². The minimum atomic E-state index is 0.345. The number of rotatable bonds is 4. The van der Waals surface area contributed by atoms with Crippen molar-refractivity contribution < 1.29 is 4.74 Å². The summed E-state index contributed by atoms with van der Waals surface area (Å²) in [6.45, 7) is 0. The van der Waals surface area contributed by atoms with Crippen LogP contribution in [0.2, 0.25) is 5.15 Å². The van der Waals surface area contributed by atoms with E-state index in [1.165, 1.54) is 0 Å². The maximum atomic E-state index is 5.62. The number of halogens is 1. The first-order chi connectivity index (χ1) is 8.78. The summed E-state index contributed by atoms with van der Waals surface area (Å²) in [7, 11) is 1.62. The van der Waals surface area contributed by atoms with Crippen LogP contribution in [0.1, 0.15) is 5.56 Å². The predicted octanol–water partition coefficient (Wildman–Crippen LogP) is 2.58. The first kappa shape index (κ1) is 12.3. The number of hydrazone groups is 1. The first-order valence-corrected chi connectivity index (χ1v) is 5.58. The van der Waals surface area contributed by atoms with Gasteiger partial charge in [0, 0.05) is 0 Å². The largest absolute Gasteiger partial charge is 0.497 e. The van der Waals surface area contributed by atoms with E-state index in [2.05, 4.69) is 20.7 Å². The van der Waals surface area contributed by atoms with E-state index in [4.69, 9.17) is 16.3 Å². The van der Waals surface area contributed by atoms with Crippen molar-refractivity contribution in [3.05, 3.63) is 47.1 Å². The Morgan fingerprint density at radius 1 is 1.28 bits per heavy atom. The van der Waals surface area contributed by atoms with Crippen LogP contribution in [0.5, 0.6) is 5.75 Å². The monoisotopic (exact) mass is 262 g/mol. The molecule has 18 heavy (non-hydrogen) atoms. The van der Waals surface area contributed by atoms with E-state index in [1.807, 2.05) is 24.3 Å². The molecule has 0 spiro atoms. The van der Waals surface area contributed by atoms with Gasteiger partial charge in [-0.15, -0.1) is 10.2 Å². The average molecular weight is 263 g/mol. The number of anilines is 1. The average Bonchev–Trinajstić information content (AvgIpc) is 2.41. The summed E-state index contributed by atoms with van der Waals surface area (Å²) in [4.78, 5) is 0. The summed E-state index contributed by atoms with van der Waals surface area (Å²) in [5.41, 5.74) is 3.67. The summed E-state index contributed by atoms with van der Waals surface area (Å²) >= 11 is 5.62. The molecule has 6 heteroatoms. The number of ether oxygens (including phenoxy) is 1. The van der Waals surface area contributed by atoms with Gasteiger partial charge in [-0.25, -0.2) is 0 Å². The lowest BCUT2D eigenvalue weighted by Gasteiger charge is -2.00. The summed E-state index contributed by atoms with van der Waals surface area (Å²) < 4.78 is 5.11. The normalized spacial score (nSPS) is 10.6. The quantitative estimate of drug-likeness (QED) is 0.680. The standard InChI is InChI=1S/C12H11ClN4O/c1-18-10-4-2-3-9(7-10)8-14-16-12-6-5-11(13)15-17-12/h2-8H,1H3,(H,16,17)/b14-8-. The van der Waals surface area contributed by atoms with Gasteiger partial charge in [0.1, 0.15) is 5.75 Å². The van der Waals surface area contributed by atoms with Gasteiger partial charge in [0.05, 0.1) is 13.3 Å². The summed E-state index contributed by atoms with van der Waals surface area (Å²) in [5, 5.41) is 11.9. The van der Waals surface area contributed by atoms with E-state index >= 15 is 0 Å². The fraction of sp³-hybridized carbons (Fsp3) is 0.0833. The van der Waals surface area contributed by atoms with Gasteiger partial charge in [-0.2, -0.15) is 5.10 Å². The molecule has 0 unspecified atom stereocenters. The zero-order valence-corrected chi connectivity index (χ0v) is 10.4. The van der Waals surface area contributed by atoms with Crippen LogP contribution in [-0.4, -0.2) is 23.5 Å². The second-order valence-corrected chi connectivity index (χ2v) is 3.78. The molecule has 2 rings (SSSR count). The maximum Gasteiger partial charge on any atom is 0.168 e. The Hall–Kier alpha value is -2.14. The molecular weight excluding hydrogens is 252 g/mol. The van der Waals surface area contributed by atoms with Crippen molar-refractivity contribution in [1.82, 2.24) is 10.2 Å². The Morgan fingerprint density at radius 3 is 2.89 bits per heavy atom. The highest BCUT2D eigenvalue weighted by molar-refractivity contribution is 6.29. The predicted molar refractivity (Wildman–Crippen MR) is 71.3 cm³/mol. The third-order valence-electron chi connectivity index (χ3n) is 2.12. The van der Waals surface area contributed by atoms with Gasteiger partial charge in [0.15, 0.2) is 11.0 Å². The van der Waals surface area contributed by atoms with E-state index < -0.39 is 0 Å². The highest BCUT2D eigenvalue weighted by Crippen LogP contribution is 2.11. The zero-order chi connectivity index (χ0) is 12.8. The van der Waals surface area contributed by atoms with Crippen molar-refractivity contribution in [2.45, 2.75) is 0 Å². The van der Waals surface area contributed by atoms with Gasteiger partial charge >= 0.3 is 0 Å². The minimum absolute atomic E-state index is 0.345. The van der Waals surface area contributed by atoms with Crippen molar-refractivity contribution in [3.63, 3.8) is 0 Å². The summed E-state index contributed by atoms with van der Waals surface area (Å²) in [6, 6.07) is 10.9. The zero-order valence-electron chi connectivity index (χ0n) is 9.67. The molecule has 0 saturated carbocycles. The fourth-order valence-corrected chi connectivity index (χ4v) is 1.37. The van der Waals surface area contributed by atoms with Crippen molar-refractivity contribution in [1.29, 1.82) is 0 Å². The number of aromatic nitrogens is 2. The van der Waals surface area contributed by atoms with Crippen LogP contribution in [0.15, 0.2) is 41.5 Å². The Labute approximate surface area is 109 Å². The molecule has 92 valence electrons. The Bertz CT molecular complexity index is 542. The van der Waals surface area contributed by atoms with Gasteiger partial charge in [0.25, 0.3) is 0 Å². The summed E-state index contributed by atoms with van der Waals surface area (Å²) in [6.07, 6.45) is 1.67. The van der Waals surface area contributed by atoms with E-state index in [9.17, 15) is 0 Å². The lowest BCUT2D eigenvalue weighted by molar-refractivity contribution is 0.415. The van der Waals surface area contributed by atoms with Crippen molar-refractivity contribution in [2.75, 3.05) is 12.5 Å². The van der Waals surface area contributed by atoms with Crippen LogP contribution in [0.4, 0.5) is 5.82 Å². The number of hydrogen-bond acceptors (Lipinski definition) is 5. The topological polar surface area (TPSA) is 59.4 Å². The molecule has 1 heterocycles.